The van der Waals surface area contributed by atoms with Gasteiger partial charge in [-0.15, -0.1) is 0 Å². The van der Waals surface area contributed by atoms with Crippen LogP contribution in [-0.2, 0) is 4.84 Å². The molecule has 0 saturated heterocycles. The third kappa shape index (κ3) is 4.08. The molecule has 0 spiro atoms. The van der Waals surface area contributed by atoms with Crippen LogP contribution in [0.1, 0.15) is 24.8 Å². The average Bonchev–Trinajstić information content (AvgIpc) is 3.25. The number of hydroxylamine groups is 1. The van der Waals surface area contributed by atoms with E-state index in [9.17, 15) is 27.2 Å². The number of rotatable bonds is 6. The van der Waals surface area contributed by atoms with Crippen molar-refractivity contribution >= 4 is 17.5 Å². The minimum absolute atomic E-state index is 0.274. The van der Waals surface area contributed by atoms with Gasteiger partial charge in [0.15, 0.2) is 23.3 Å². The van der Waals surface area contributed by atoms with E-state index < -0.39 is 64.5 Å². The molecule has 3 rings (SSSR count). The first-order valence-electron chi connectivity index (χ1n) is 9.91. The number of aromatic amines is 1. The van der Waals surface area contributed by atoms with Gasteiger partial charge in [0.2, 0.25) is 0 Å². The zero-order valence-electron chi connectivity index (χ0n) is 18.6. The maximum atomic E-state index is 14.8. The molecule has 0 atom stereocenters. The minimum atomic E-state index is -2.88. The van der Waals surface area contributed by atoms with Crippen LogP contribution in [0.15, 0.2) is 36.7 Å². The summed E-state index contributed by atoms with van der Waals surface area (Å²) in [5.41, 5.74) is -1.73. The molecule has 2 amide bonds. The summed E-state index contributed by atoms with van der Waals surface area (Å²) in [4.78, 5) is 31.2. The van der Waals surface area contributed by atoms with Crippen LogP contribution in [0.5, 0.6) is 5.75 Å². The van der Waals surface area contributed by atoms with Crippen LogP contribution in [0.25, 0.3) is 11.1 Å². The van der Waals surface area contributed by atoms with Crippen LogP contribution in [-0.4, -0.2) is 30.9 Å². The molecule has 0 fully saturated rings. The van der Waals surface area contributed by atoms with Gasteiger partial charge in [-0.1, -0.05) is 12.1 Å². The molecular formula is C20H15F4N3O4. The highest BCUT2D eigenvalue weighted by Crippen LogP contribution is 2.36. The number of nitrogens with one attached hydrogen (secondary N) is 3. The molecule has 0 aliphatic carbocycles. The Kier molecular flexibility index (Phi) is 5.14. The van der Waals surface area contributed by atoms with Crippen LogP contribution < -0.4 is 15.5 Å². The van der Waals surface area contributed by atoms with E-state index in [2.05, 4.69) is 14.6 Å². The smallest absolute Gasteiger partial charge is 0.277 e. The molecule has 0 aliphatic rings. The van der Waals surface area contributed by atoms with Gasteiger partial charge in [0.25, 0.3) is 11.8 Å². The number of ether oxygens (including phenoxy) is 1. The number of anilines is 1. The fraction of sp³-hybridized carbons (Fsp3) is 0.100. The maximum absolute atomic E-state index is 14.8. The van der Waals surface area contributed by atoms with Crippen molar-refractivity contribution in [3.63, 3.8) is 0 Å². The van der Waals surface area contributed by atoms with Crippen molar-refractivity contribution in [2.75, 3.05) is 19.5 Å². The van der Waals surface area contributed by atoms with E-state index in [1.807, 2.05) is 5.48 Å². The minimum Gasteiger partial charge on any atom is -0.497 e. The first kappa shape index (κ1) is 18.0. The summed E-state index contributed by atoms with van der Waals surface area (Å²) < 4.78 is 84.9. The predicted molar refractivity (Wildman–Crippen MR) is 101 cm³/mol. The first-order valence-corrected chi connectivity index (χ1v) is 8.41. The maximum Gasteiger partial charge on any atom is 0.277 e. The summed E-state index contributed by atoms with van der Waals surface area (Å²) in [5.74, 6) is -10.0. The van der Waals surface area contributed by atoms with Gasteiger partial charge in [-0.2, -0.15) is 0 Å². The number of carbonyl (C=O) groups excluding carboxylic acids is 2. The molecule has 3 aromatic rings. The molecular weight excluding hydrogens is 422 g/mol. The lowest BCUT2D eigenvalue weighted by atomic mass is 10.0. The Bertz CT molecular complexity index is 1240. The zero-order valence-corrected chi connectivity index (χ0v) is 15.6. The fourth-order valence-corrected chi connectivity index (χ4v) is 2.78. The molecule has 3 N–H and O–H groups in total. The Balaban J connectivity index is 2.00. The van der Waals surface area contributed by atoms with E-state index in [1.165, 1.54) is 12.1 Å². The number of benzene rings is 2. The molecule has 0 bridgehead atoms. The fourth-order valence-electron chi connectivity index (χ4n) is 2.78. The Morgan fingerprint density at radius 3 is 2.26 bits per heavy atom. The molecule has 0 saturated carbocycles. The van der Waals surface area contributed by atoms with Crippen molar-refractivity contribution < 1.29 is 40.8 Å². The van der Waals surface area contributed by atoms with Gasteiger partial charge in [-0.25, -0.2) is 23.0 Å². The van der Waals surface area contributed by atoms with Crippen molar-refractivity contribution in [1.82, 2.24) is 10.5 Å². The summed E-state index contributed by atoms with van der Waals surface area (Å²) in [7, 11) is -1.75. The third-order valence-electron chi connectivity index (χ3n) is 4.17. The lowest BCUT2D eigenvalue weighted by Crippen LogP contribution is -2.25. The summed E-state index contributed by atoms with van der Waals surface area (Å²) in [6.45, 7) is 0. The molecule has 1 heterocycles. The predicted octanol–water partition coefficient (Wildman–Crippen LogP) is 3.79. The largest absolute Gasteiger partial charge is 0.497 e. The third-order valence-corrected chi connectivity index (χ3v) is 4.17. The molecule has 31 heavy (non-hydrogen) atoms. The van der Waals surface area contributed by atoms with Crippen LogP contribution >= 0.6 is 0 Å². The SMILES string of the molecule is [2H]C([2H])([2H])Oc1cccc(-c2c(F)c(F)c(NC(=O)c3c[nH]cc3C(=O)NOC)c(F)c2F)c1. The lowest BCUT2D eigenvalue weighted by Gasteiger charge is -2.14. The molecule has 0 aliphatic heterocycles. The van der Waals surface area contributed by atoms with Crippen LogP contribution in [0, 0.1) is 23.3 Å². The molecule has 1 aromatic heterocycles. The molecule has 7 nitrogen and oxygen atoms in total. The second-order valence-corrected chi connectivity index (χ2v) is 6.01. The monoisotopic (exact) mass is 440 g/mol. The van der Waals surface area contributed by atoms with Gasteiger partial charge in [0, 0.05) is 12.4 Å². The average molecular weight is 440 g/mol. The highest BCUT2D eigenvalue weighted by atomic mass is 19.2. The van der Waals surface area contributed by atoms with Crippen molar-refractivity contribution in [3.8, 4) is 16.9 Å². The van der Waals surface area contributed by atoms with E-state index in [4.69, 9.17) is 4.11 Å². The van der Waals surface area contributed by atoms with Crippen LogP contribution in [0.2, 0.25) is 0 Å². The number of aromatic nitrogens is 1. The number of halogens is 4. The second-order valence-electron chi connectivity index (χ2n) is 6.01. The van der Waals surface area contributed by atoms with Gasteiger partial charge in [0.1, 0.15) is 11.4 Å². The summed E-state index contributed by atoms with van der Waals surface area (Å²) in [6.07, 6.45) is 2.11. The summed E-state index contributed by atoms with van der Waals surface area (Å²) in [5, 5.41) is 1.71. The first-order chi connectivity index (χ1) is 15.9. The Morgan fingerprint density at radius 2 is 1.65 bits per heavy atom. The van der Waals surface area contributed by atoms with Crippen molar-refractivity contribution in [1.29, 1.82) is 0 Å². The van der Waals surface area contributed by atoms with Crippen LogP contribution in [0.3, 0.4) is 0 Å². The normalized spacial score (nSPS) is 12.5. The lowest BCUT2D eigenvalue weighted by molar-refractivity contribution is 0.0536. The molecule has 11 heteroatoms. The molecule has 0 unspecified atom stereocenters. The van der Waals surface area contributed by atoms with Crippen molar-refractivity contribution in [3.05, 3.63) is 71.1 Å². The number of hydrogen-bond donors (Lipinski definition) is 3. The summed E-state index contributed by atoms with van der Waals surface area (Å²) in [6, 6.07) is 4.29. The van der Waals surface area contributed by atoms with Crippen molar-refractivity contribution in [2.24, 2.45) is 0 Å². The van der Waals surface area contributed by atoms with Gasteiger partial charge < -0.3 is 15.0 Å². The number of methoxy groups -OCH3 is 1. The van der Waals surface area contributed by atoms with Crippen LogP contribution in [0.4, 0.5) is 23.2 Å². The van der Waals surface area contributed by atoms with E-state index in [-0.39, 0.29) is 11.3 Å². The number of hydrogen-bond acceptors (Lipinski definition) is 4. The Hall–Kier alpha value is -3.86. The second kappa shape index (κ2) is 8.88. The van der Waals surface area contributed by atoms with E-state index >= 15 is 0 Å². The van der Waals surface area contributed by atoms with E-state index in [0.717, 1.165) is 31.6 Å². The van der Waals surface area contributed by atoms with Gasteiger partial charge in [0.05, 0.1) is 35.0 Å². The highest BCUT2D eigenvalue weighted by molar-refractivity contribution is 6.12. The molecule has 162 valence electrons. The molecule has 2 aromatic carbocycles. The number of H-pyrrole nitrogens is 1. The van der Waals surface area contributed by atoms with Gasteiger partial charge >= 0.3 is 0 Å². The number of carbonyl (C=O) groups is 2. The Morgan fingerprint density at radius 1 is 1.00 bits per heavy atom. The standard InChI is InChI=1S/C20H15F4N3O4/c1-30-10-5-3-4-9(6-10)13-14(21)16(23)18(17(24)15(13)22)26-19(28)11-7-25-8-12(11)20(29)27-31-2/h3-8,25H,1-2H3,(H,26,28)(H,27,29)/i1D3. The van der Waals surface area contributed by atoms with Gasteiger partial charge in [-0.05, 0) is 17.7 Å². The van der Waals surface area contributed by atoms with E-state index in [0.29, 0.717) is 0 Å². The zero-order chi connectivity index (χ0) is 25.2. The topological polar surface area (TPSA) is 92.5 Å². The summed E-state index contributed by atoms with van der Waals surface area (Å²) >= 11 is 0. The number of amides is 2. The van der Waals surface area contributed by atoms with E-state index in [1.54, 1.807) is 5.32 Å². The quantitative estimate of drug-likeness (QED) is 0.309. The van der Waals surface area contributed by atoms with Crippen molar-refractivity contribution in [2.45, 2.75) is 0 Å². The highest BCUT2D eigenvalue weighted by Gasteiger charge is 2.29. The van der Waals surface area contributed by atoms with Gasteiger partial charge in [-0.3, -0.25) is 14.4 Å². The Labute approximate surface area is 177 Å². The molecule has 0 radical (unpaired) electrons.